The Kier molecular flexibility index (Phi) is 9.34. The highest BCUT2D eigenvalue weighted by Crippen LogP contribution is 2.29. The molecule has 0 saturated carbocycles. The molecule has 2 amide bonds. The zero-order chi connectivity index (χ0) is 26.6. The molecule has 2 rings (SSSR count). The number of carbonyl (C=O) groups is 3. The van der Waals surface area contributed by atoms with Crippen molar-refractivity contribution in [3.63, 3.8) is 0 Å². The molecule has 0 aromatic heterocycles. The van der Waals surface area contributed by atoms with Gasteiger partial charge in [-0.25, -0.2) is 9.59 Å². The number of likely N-dealkylation sites (tertiary alicyclic amines) is 1. The third-order valence-corrected chi connectivity index (χ3v) is 7.19. The van der Waals surface area contributed by atoms with Gasteiger partial charge < -0.3 is 19.7 Å². The number of methoxy groups -OCH3 is 1. The summed E-state index contributed by atoms with van der Waals surface area (Å²) in [4.78, 5) is 39.7. The quantitative estimate of drug-likeness (QED) is 0.369. The second-order valence-corrected chi connectivity index (χ2v) is 12.5. The van der Waals surface area contributed by atoms with Crippen molar-refractivity contribution in [1.82, 2.24) is 10.2 Å². The molecule has 0 radical (unpaired) electrons. The molecule has 2 atom stereocenters. The van der Waals surface area contributed by atoms with E-state index in [0.29, 0.717) is 23.9 Å². The van der Waals surface area contributed by atoms with E-state index in [1.807, 2.05) is 0 Å². The summed E-state index contributed by atoms with van der Waals surface area (Å²) < 4.78 is 41.6. The van der Waals surface area contributed by atoms with Crippen LogP contribution in [0.4, 0.5) is 4.79 Å². The van der Waals surface area contributed by atoms with Crippen LogP contribution in [0.5, 0.6) is 0 Å². The molecule has 0 aliphatic carbocycles. The van der Waals surface area contributed by atoms with Gasteiger partial charge in [0.05, 0.1) is 18.6 Å². The second-order valence-electron chi connectivity index (χ2n) is 9.95. The Labute approximate surface area is 214 Å². The van der Waals surface area contributed by atoms with Gasteiger partial charge in [-0.15, -0.1) is 0 Å². The first-order chi connectivity index (χ1) is 16.1. The second kappa shape index (κ2) is 11.3. The molecule has 1 N–H and O–H groups in total. The number of amides is 2. The van der Waals surface area contributed by atoms with Gasteiger partial charge in [-0.1, -0.05) is 29.8 Å². The molecule has 196 valence electrons. The van der Waals surface area contributed by atoms with E-state index in [1.165, 1.54) is 24.1 Å². The summed E-state index contributed by atoms with van der Waals surface area (Å²) in [5, 5.41) is 2.57. The number of halogens is 1. The Hall–Kier alpha value is -2.18. The number of hydrogen-bond donors (Lipinski definition) is 1. The van der Waals surface area contributed by atoms with Crippen molar-refractivity contribution in [2.24, 2.45) is 5.41 Å². The van der Waals surface area contributed by atoms with Gasteiger partial charge >= 0.3 is 12.1 Å². The normalized spacial score (nSPS) is 17.6. The number of nitrogens with one attached hydrogen (secondary N) is 1. The summed E-state index contributed by atoms with van der Waals surface area (Å²) in [5.74, 6) is -1.11. The van der Waals surface area contributed by atoms with Crippen molar-refractivity contribution in [2.75, 3.05) is 20.3 Å². The van der Waals surface area contributed by atoms with Crippen LogP contribution in [-0.4, -0.2) is 69.2 Å². The van der Waals surface area contributed by atoms with Crippen LogP contribution in [0.1, 0.15) is 47.5 Å². The first-order valence-electron chi connectivity index (χ1n) is 11.1. The summed E-state index contributed by atoms with van der Waals surface area (Å²) in [6.07, 6.45) is 0.153. The molecule has 1 fully saturated rings. The predicted molar refractivity (Wildman–Crippen MR) is 131 cm³/mol. The van der Waals surface area contributed by atoms with E-state index >= 15 is 0 Å². The van der Waals surface area contributed by atoms with Gasteiger partial charge in [0.25, 0.3) is 10.1 Å². The maximum absolute atomic E-state index is 13.6. The van der Waals surface area contributed by atoms with Crippen molar-refractivity contribution in [1.29, 1.82) is 0 Å². The molecule has 35 heavy (non-hydrogen) atoms. The number of rotatable bonds is 8. The summed E-state index contributed by atoms with van der Waals surface area (Å²) in [6.45, 7) is 8.08. The van der Waals surface area contributed by atoms with Crippen molar-refractivity contribution in [3.05, 3.63) is 28.7 Å². The third kappa shape index (κ3) is 7.91. The number of ether oxygens (including phenoxy) is 2. The topological polar surface area (TPSA) is 128 Å². The molecule has 10 nitrogen and oxygen atoms in total. The van der Waals surface area contributed by atoms with Crippen LogP contribution in [0.2, 0.25) is 0 Å². The summed E-state index contributed by atoms with van der Waals surface area (Å²) >= 11 is 3.25. The molecule has 1 aliphatic heterocycles. The predicted octanol–water partition coefficient (Wildman–Crippen LogP) is 3.24. The minimum Gasteiger partial charge on any atom is -0.467 e. The Balaban J connectivity index is 2.31. The zero-order valence-corrected chi connectivity index (χ0v) is 23.2. The average molecular weight is 577 g/mol. The molecule has 0 spiro atoms. The molecule has 0 bridgehead atoms. The first kappa shape index (κ1) is 29.1. The van der Waals surface area contributed by atoms with Crippen LogP contribution in [0.15, 0.2) is 33.6 Å². The summed E-state index contributed by atoms with van der Waals surface area (Å²) in [5.41, 5.74) is -2.04. The summed E-state index contributed by atoms with van der Waals surface area (Å²) in [6, 6.07) is 3.87. The fourth-order valence-electron chi connectivity index (χ4n) is 3.58. The molecule has 1 saturated heterocycles. The first-order valence-corrected chi connectivity index (χ1v) is 13.3. The lowest BCUT2D eigenvalue weighted by molar-refractivity contribution is -0.152. The average Bonchev–Trinajstić information content (AvgIpc) is 3.24. The lowest BCUT2D eigenvalue weighted by Gasteiger charge is -2.37. The minimum atomic E-state index is -4.14. The van der Waals surface area contributed by atoms with E-state index in [1.54, 1.807) is 46.8 Å². The molecule has 1 aromatic rings. The van der Waals surface area contributed by atoms with Gasteiger partial charge in [0.1, 0.15) is 17.7 Å². The fraction of sp³-hybridized carbons (Fsp3) is 0.609. The van der Waals surface area contributed by atoms with E-state index in [9.17, 15) is 22.8 Å². The third-order valence-electron chi connectivity index (χ3n) is 5.39. The highest BCUT2D eigenvalue weighted by molar-refractivity contribution is 9.10. The van der Waals surface area contributed by atoms with Crippen molar-refractivity contribution in [2.45, 2.75) is 70.0 Å². The monoisotopic (exact) mass is 576 g/mol. The Morgan fingerprint density at radius 3 is 2.29 bits per heavy atom. The largest absolute Gasteiger partial charge is 0.467 e. The SMILES string of the molecule is COC(=O)C1CCCN1C(=O)C(NC(=O)OC(C)(C)C)C(C)(C)COS(=O)(=O)c1ccc(Br)cc1. The standard InChI is InChI=1S/C23H33BrN2O8S/c1-22(2,3)34-21(29)25-18(19(27)26-13-7-8-17(26)20(28)32-6)23(4,5)14-33-35(30,31)16-11-9-15(24)10-12-16/h9-12,17-18H,7-8,13-14H2,1-6H3,(H,25,29). The van der Waals surface area contributed by atoms with E-state index in [4.69, 9.17) is 13.7 Å². The van der Waals surface area contributed by atoms with Crippen LogP contribution in [0.25, 0.3) is 0 Å². The van der Waals surface area contributed by atoms with Crippen LogP contribution >= 0.6 is 15.9 Å². The molecule has 1 aromatic carbocycles. The molecule has 12 heteroatoms. The fourth-order valence-corrected chi connectivity index (χ4v) is 4.90. The Morgan fingerprint density at radius 1 is 1.14 bits per heavy atom. The Morgan fingerprint density at radius 2 is 1.74 bits per heavy atom. The van der Waals surface area contributed by atoms with E-state index < -0.39 is 57.8 Å². The maximum Gasteiger partial charge on any atom is 0.408 e. The maximum atomic E-state index is 13.6. The number of carbonyl (C=O) groups excluding carboxylic acids is 3. The van der Waals surface area contributed by atoms with Crippen molar-refractivity contribution < 1.29 is 36.5 Å². The smallest absolute Gasteiger partial charge is 0.408 e. The summed E-state index contributed by atoms with van der Waals surface area (Å²) in [7, 11) is -2.90. The van der Waals surface area contributed by atoms with E-state index in [0.717, 1.165) is 0 Å². The number of hydrogen-bond acceptors (Lipinski definition) is 8. The molecule has 1 aliphatic rings. The minimum absolute atomic E-state index is 0.0511. The van der Waals surface area contributed by atoms with Crippen LogP contribution in [-0.2, 0) is 33.4 Å². The molecular weight excluding hydrogens is 544 g/mol. The van der Waals surface area contributed by atoms with Gasteiger partial charge in [-0.05, 0) is 57.9 Å². The number of nitrogens with zero attached hydrogens (tertiary/aromatic N) is 1. The van der Waals surface area contributed by atoms with Gasteiger partial charge in [0.2, 0.25) is 5.91 Å². The highest BCUT2D eigenvalue weighted by Gasteiger charge is 2.45. The number of alkyl carbamates (subject to hydrolysis) is 1. The van der Waals surface area contributed by atoms with Crippen LogP contribution in [0, 0.1) is 5.41 Å². The van der Waals surface area contributed by atoms with Gasteiger partial charge in [-0.2, -0.15) is 8.42 Å². The van der Waals surface area contributed by atoms with Gasteiger partial charge in [-0.3, -0.25) is 8.98 Å². The van der Waals surface area contributed by atoms with Crippen LogP contribution in [0.3, 0.4) is 0 Å². The van der Waals surface area contributed by atoms with E-state index in [-0.39, 0.29) is 4.90 Å². The van der Waals surface area contributed by atoms with Gasteiger partial charge in [0, 0.05) is 16.4 Å². The molecule has 1 heterocycles. The van der Waals surface area contributed by atoms with E-state index in [2.05, 4.69) is 21.2 Å². The zero-order valence-electron chi connectivity index (χ0n) is 20.8. The highest BCUT2D eigenvalue weighted by atomic mass is 79.9. The number of esters is 1. The molecule has 2 unspecified atom stereocenters. The van der Waals surface area contributed by atoms with Crippen molar-refractivity contribution >= 4 is 44.0 Å². The lowest BCUT2D eigenvalue weighted by Crippen LogP contribution is -2.59. The lowest BCUT2D eigenvalue weighted by atomic mass is 9.84. The Bertz CT molecular complexity index is 1030. The molecular formula is C23H33BrN2O8S. The van der Waals surface area contributed by atoms with Crippen molar-refractivity contribution in [3.8, 4) is 0 Å². The number of benzene rings is 1. The van der Waals surface area contributed by atoms with Gasteiger partial charge in [0.15, 0.2) is 0 Å². The van der Waals surface area contributed by atoms with Crippen LogP contribution < -0.4 is 5.32 Å².